The van der Waals surface area contributed by atoms with E-state index < -0.39 is 22.6 Å². The van der Waals surface area contributed by atoms with E-state index in [1.54, 1.807) is 0 Å². The molecule has 0 aromatic carbocycles. The van der Waals surface area contributed by atoms with Crippen molar-refractivity contribution in [3.63, 3.8) is 0 Å². The van der Waals surface area contributed by atoms with E-state index in [9.17, 15) is 21.6 Å². The van der Waals surface area contributed by atoms with Gasteiger partial charge in [0.1, 0.15) is 0 Å². The summed E-state index contributed by atoms with van der Waals surface area (Å²) >= 11 is 0. The van der Waals surface area contributed by atoms with Crippen molar-refractivity contribution in [1.29, 1.82) is 0 Å². The van der Waals surface area contributed by atoms with Crippen LogP contribution in [0.5, 0.6) is 0 Å². The third kappa shape index (κ3) is 5.53. The number of hydrogen-bond donors (Lipinski definition) is 2. The third-order valence-corrected chi connectivity index (χ3v) is 3.61. The van der Waals surface area contributed by atoms with Crippen LogP contribution in [0, 0.1) is 0 Å². The third-order valence-electron chi connectivity index (χ3n) is 2.24. The molecule has 19 heavy (non-hydrogen) atoms. The monoisotopic (exact) mass is 297 g/mol. The van der Waals surface area contributed by atoms with Crippen molar-refractivity contribution in [1.82, 2.24) is 9.71 Å². The molecule has 0 spiro atoms. The zero-order valence-corrected chi connectivity index (χ0v) is 10.8. The summed E-state index contributed by atoms with van der Waals surface area (Å²) in [6.45, 7) is -0.0610. The minimum absolute atomic E-state index is 0.229. The molecule has 0 fully saturated rings. The lowest BCUT2D eigenvalue weighted by molar-refractivity contribution is -0.135. The highest BCUT2D eigenvalue weighted by Gasteiger charge is 2.26. The maximum Gasteiger partial charge on any atom is 0.389 e. The largest absolute Gasteiger partial charge is 0.389 e. The van der Waals surface area contributed by atoms with E-state index >= 15 is 0 Å². The normalized spacial score (nSPS) is 12.6. The van der Waals surface area contributed by atoms with Crippen molar-refractivity contribution in [2.75, 3.05) is 6.54 Å². The lowest BCUT2D eigenvalue weighted by atomic mass is 10.3. The van der Waals surface area contributed by atoms with Gasteiger partial charge in [-0.15, -0.1) is 0 Å². The summed E-state index contributed by atoms with van der Waals surface area (Å²) in [4.78, 5) is 3.70. The van der Waals surface area contributed by atoms with Crippen LogP contribution in [0.15, 0.2) is 23.4 Å². The zero-order valence-electron chi connectivity index (χ0n) is 9.94. The molecule has 108 valence electrons. The first-order valence-electron chi connectivity index (χ1n) is 5.46. The zero-order chi connectivity index (χ0) is 14.5. The van der Waals surface area contributed by atoms with Crippen molar-refractivity contribution in [2.45, 2.75) is 30.6 Å². The van der Waals surface area contributed by atoms with Gasteiger partial charge in [0.15, 0.2) is 5.03 Å². The van der Waals surface area contributed by atoms with E-state index in [2.05, 4.69) is 9.71 Å². The number of halogens is 3. The molecule has 1 aromatic heterocycles. The Morgan fingerprint density at radius 1 is 1.32 bits per heavy atom. The van der Waals surface area contributed by atoms with Crippen molar-refractivity contribution in [3.8, 4) is 0 Å². The van der Waals surface area contributed by atoms with E-state index in [0.717, 1.165) is 0 Å². The van der Waals surface area contributed by atoms with Gasteiger partial charge in [0, 0.05) is 25.7 Å². The smallest absolute Gasteiger partial charge is 0.326 e. The fraction of sp³-hybridized carbons (Fsp3) is 0.500. The minimum Gasteiger partial charge on any atom is -0.326 e. The molecule has 0 saturated heterocycles. The topological polar surface area (TPSA) is 85.1 Å². The number of nitrogens with zero attached hydrogens (tertiary/aromatic N) is 1. The quantitative estimate of drug-likeness (QED) is 0.772. The standard InChI is InChI=1S/C10H14F3N3O2S/c11-10(12,13)4-1-5-16-19(17,18)9-3-2-8(6-14)7-15-9/h2-3,7,16H,1,4-6,14H2. The molecule has 3 N–H and O–H groups in total. The number of nitrogens with one attached hydrogen (secondary N) is 1. The van der Waals surface area contributed by atoms with Crippen LogP contribution in [0.3, 0.4) is 0 Å². The number of alkyl halides is 3. The molecule has 0 aliphatic carbocycles. The van der Waals surface area contributed by atoms with Gasteiger partial charge >= 0.3 is 6.18 Å². The molecule has 1 heterocycles. The highest BCUT2D eigenvalue weighted by atomic mass is 32.2. The fourth-order valence-electron chi connectivity index (χ4n) is 1.26. The van der Waals surface area contributed by atoms with Crippen molar-refractivity contribution >= 4 is 10.0 Å². The molecule has 1 rings (SSSR count). The first kappa shape index (κ1) is 15.9. The highest BCUT2D eigenvalue weighted by molar-refractivity contribution is 7.89. The first-order valence-corrected chi connectivity index (χ1v) is 6.94. The average Bonchev–Trinajstić information content (AvgIpc) is 2.34. The van der Waals surface area contributed by atoms with E-state index in [-0.39, 0.29) is 24.5 Å². The van der Waals surface area contributed by atoms with Crippen molar-refractivity contribution in [3.05, 3.63) is 23.9 Å². The molecule has 0 radical (unpaired) electrons. The number of pyridine rings is 1. The van der Waals surface area contributed by atoms with Gasteiger partial charge in [-0.3, -0.25) is 0 Å². The number of nitrogens with two attached hydrogens (primary N) is 1. The predicted molar refractivity (Wildman–Crippen MR) is 62.6 cm³/mol. The van der Waals surface area contributed by atoms with Crippen LogP contribution in [0.4, 0.5) is 13.2 Å². The lowest BCUT2D eigenvalue weighted by Crippen LogP contribution is -2.26. The summed E-state index contributed by atoms with van der Waals surface area (Å²) in [5.74, 6) is 0. The van der Waals surface area contributed by atoms with Gasteiger partial charge < -0.3 is 5.73 Å². The number of rotatable bonds is 6. The minimum atomic E-state index is -4.29. The SMILES string of the molecule is NCc1ccc(S(=O)(=O)NCCCC(F)(F)F)nc1. The molecule has 0 atom stereocenters. The van der Waals surface area contributed by atoms with Crippen LogP contribution in [0.2, 0.25) is 0 Å². The molecule has 0 unspecified atom stereocenters. The molecule has 0 aliphatic rings. The lowest BCUT2D eigenvalue weighted by Gasteiger charge is -2.08. The Hall–Kier alpha value is -1.19. The summed E-state index contributed by atoms with van der Waals surface area (Å²) in [5, 5.41) is -0.239. The van der Waals surface area contributed by atoms with Gasteiger partial charge in [0.05, 0.1) is 0 Å². The van der Waals surface area contributed by atoms with Gasteiger partial charge in [-0.2, -0.15) is 13.2 Å². The van der Waals surface area contributed by atoms with Gasteiger partial charge in [0.2, 0.25) is 0 Å². The summed E-state index contributed by atoms with van der Waals surface area (Å²) in [5.41, 5.74) is 6.00. The van der Waals surface area contributed by atoms with Crippen LogP contribution in [-0.4, -0.2) is 26.1 Å². The van der Waals surface area contributed by atoms with Crippen molar-refractivity contribution in [2.24, 2.45) is 5.73 Å². The highest BCUT2D eigenvalue weighted by Crippen LogP contribution is 2.20. The number of aromatic nitrogens is 1. The van der Waals surface area contributed by atoms with Crippen LogP contribution in [0.1, 0.15) is 18.4 Å². The first-order chi connectivity index (χ1) is 8.74. The second-order valence-corrected chi connectivity index (χ2v) is 5.54. The molecule has 0 amide bonds. The molecule has 1 aromatic rings. The molecule has 9 heteroatoms. The Balaban J connectivity index is 2.56. The Labute approximate surface area is 109 Å². The van der Waals surface area contributed by atoms with Crippen molar-refractivity contribution < 1.29 is 21.6 Å². The van der Waals surface area contributed by atoms with E-state index in [1.165, 1.54) is 18.3 Å². The van der Waals surface area contributed by atoms with Gasteiger partial charge in [0.25, 0.3) is 10.0 Å². The van der Waals surface area contributed by atoms with E-state index in [0.29, 0.717) is 5.56 Å². The molecule has 0 saturated carbocycles. The van der Waals surface area contributed by atoms with E-state index in [4.69, 9.17) is 5.73 Å². The second kappa shape index (κ2) is 6.31. The molecule has 0 bridgehead atoms. The molecule has 0 aliphatic heterocycles. The molecular formula is C10H14F3N3O2S. The Morgan fingerprint density at radius 3 is 2.47 bits per heavy atom. The Bertz CT molecular complexity index is 500. The Kier molecular flexibility index (Phi) is 5.27. The van der Waals surface area contributed by atoms with Gasteiger partial charge in [-0.25, -0.2) is 18.1 Å². The maximum atomic E-state index is 11.9. The fourth-order valence-corrected chi connectivity index (χ4v) is 2.26. The van der Waals surface area contributed by atoms with Gasteiger partial charge in [-0.05, 0) is 18.1 Å². The Morgan fingerprint density at radius 2 is 2.00 bits per heavy atom. The summed E-state index contributed by atoms with van der Waals surface area (Å²) in [7, 11) is -3.87. The summed E-state index contributed by atoms with van der Waals surface area (Å²) in [6, 6.07) is 2.76. The summed E-state index contributed by atoms with van der Waals surface area (Å²) in [6.07, 6.45) is -4.32. The number of hydrogen-bond acceptors (Lipinski definition) is 4. The maximum absolute atomic E-state index is 11.9. The van der Waals surface area contributed by atoms with Crippen LogP contribution < -0.4 is 10.5 Å². The van der Waals surface area contributed by atoms with Crippen LogP contribution >= 0.6 is 0 Å². The average molecular weight is 297 g/mol. The van der Waals surface area contributed by atoms with Crippen LogP contribution in [0.25, 0.3) is 0 Å². The predicted octanol–water partition coefficient (Wildman–Crippen LogP) is 1.16. The van der Waals surface area contributed by atoms with Gasteiger partial charge in [-0.1, -0.05) is 6.07 Å². The number of sulfonamides is 1. The van der Waals surface area contributed by atoms with Crippen LogP contribution in [-0.2, 0) is 16.6 Å². The molecule has 5 nitrogen and oxygen atoms in total. The summed E-state index contributed by atoms with van der Waals surface area (Å²) < 4.78 is 61.0. The van der Waals surface area contributed by atoms with E-state index in [1.807, 2.05) is 0 Å². The second-order valence-electron chi connectivity index (χ2n) is 3.83. The molecular weight excluding hydrogens is 283 g/mol.